The number of amidine groups is 1. The molecule has 1 saturated heterocycles. The highest BCUT2D eigenvalue weighted by Crippen LogP contribution is 2.23. The number of benzene rings is 2. The third-order valence-electron chi connectivity index (χ3n) is 4.14. The quantitative estimate of drug-likeness (QED) is 0.727. The van der Waals surface area contributed by atoms with Crippen LogP contribution in [-0.2, 0) is 10.0 Å². The lowest BCUT2D eigenvalue weighted by atomic mass is 10.2. The third-order valence-corrected chi connectivity index (χ3v) is 6.28. The summed E-state index contributed by atoms with van der Waals surface area (Å²) in [7, 11) is -1.95. The molecule has 2 aromatic carbocycles. The van der Waals surface area contributed by atoms with E-state index in [0.29, 0.717) is 28.5 Å². The molecule has 27 heavy (non-hydrogen) atoms. The van der Waals surface area contributed by atoms with Crippen LogP contribution in [-0.4, -0.2) is 38.7 Å². The van der Waals surface area contributed by atoms with E-state index in [9.17, 15) is 13.2 Å². The fourth-order valence-corrected chi connectivity index (χ4v) is 4.34. The van der Waals surface area contributed by atoms with E-state index in [1.807, 2.05) is 11.9 Å². The molecule has 0 atom stereocenters. The molecule has 0 radical (unpaired) electrons. The van der Waals surface area contributed by atoms with E-state index < -0.39 is 10.0 Å². The van der Waals surface area contributed by atoms with Gasteiger partial charge in [-0.15, -0.1) is 4.40 Å². The summed E-state index contributed by atoms with van der Waals surface area (Å²) in [6.45, 7) is 0.803. The Morgan fingerprint density at radius 1 is 1.22 bits per heavy atom. The maximum atomic E-state index is 12.4. The average molecular weight is 471 g/mol. The maximum Gasteiger partial charge on any atom is 0.283 e. The zero-order valence-corrected chi connectivity index (χ0v) is 17.6. The number of halogens is 2. The Morgan fingerprint density at radius 2 is 1.93 bits per heavy atom. The second-order valence-corrected chi connectivity index (χ2v) is 9.04. The van der Waals surface area contributed by atoms with Crippen molar-refractivity contribution < 1.29 is 13.2 Å². The highest BCUT2D eigenvalue weighted by atomic mass is 79.9. The SMILES string of the molecule is CN1CCC/C1=N/S(=O)(=O)c1ccc(NC(=O)c2cc(Br)ccc2Cl)cc1. The van der Waals surface area contributed by atoms with E-state index in [4.69, 9.17) is 11.6 Å². The van der Waals surface area contributed by atoms with Crippen LogP contribution >= 0.6 is 27.5 Å². The molecule has 1 aliphatic rings. The van der Waals surface area contributed by atoms with Crippen LogP contribution in [0.4, 0.5) is 5.69 Å². The number of likely N-dealkylation sites (tertiary alicyclic amines) is 1. The van der Waals surface area contributed by atoms with Crippen molar-refractivity contribution in [3.8, 4) is 0 Å². The van der Waals surface area contributed by atoms with E-state index in [0.717, 1.165) is 17.4 Å². The Hall–Kier alpha value is -1.90. The van der Waals surface area contributed by atoms with Gasteiger partial charge in [0.15, 0.2) is 0 Å². The smallest absolute Gasteiger partial charge is 0.283 e. The third kappa shape index (κ3) is 4.69. The minimum Gasteiger partial charge on any atom is -0.362 e. The first-order chi connectivity index (χ1) is 12.8. The number of hydrogen-bond acceptors (Lipinski definition) is 3. The van der Waals surface area contributed by atoms with Crippen LogP contribution in [0.15, 0.2) is 56.2 Å². The Bertz CT molecular complexity index is 1010. The van der Waals surface area contributed by atoms with Crippen molar-refractivity contribution in [2.45, 2.75) is 17.7 Å². The molecule has 1 fully saturated rings. The van der Waals surface area contributed by atoms with E-state index in [1.54, 1.807) is 18.2 Å². The normalized spacial score (nSPS) is 16.0. The number of amides is 1. The van der Waals surface area contributed by atoms with Gasteiger partial charge in [0.2, 0.25) is 0 Å². The number of sulfonamides is 1. The summed E-state index contributed by atoms with van der Waals surface area (Å²) >= 11 is 9.36. The van der Waals surface area contributed by atoms with Crippen LogP contribution in [0.5, 0.6) is 0 Å². The summed E-state index contributed by atoms with van der Waals surface area (Å²) in [4.78, 5) is 14.3. The molecule has 6 nitrogen and oxygen atoms in total. The minimum atomic E-state index is -3.78. The molecule has 3 rings (SSSR count). The number of carbonyl (C=O) groups excluding carboxylic acids is 1. The summed E-state index contributed by atoms with van der Waals surface area (Å²) < 4.78 is 29.5. The predicted octanol–water partition coefficient (Wildman–Crippen LogP) is 4.17. The molecule has 0 aliphatic carbocycles. The molecule has 9 heteroatoms. The Morgan fingerprint density at radius 3 is 2.56 bits per heavy atom. The zero-order valence-electron chi connectivity index (χ0n) is 14.4. The summed E-state index contributed by atoms with van der Waals surface area (Å²) in [5.74, 6) is 0.182. The molecule has 1 aliphatic heterocycles. The summed E-state index contributed by atoms with van der Waals surface area (Å²) in [5, 5.41) is 3.03. The molecule has 0 aromatic heterocycles. The fraction of sp³-hybridized carbons (Fsp3) is 0.222. The van der Waals surface area contributed by atoms with Crippen LogP contribution in [0.3, 0.4) is 0 Å². The van der Waals surface area contributed by atoms with Gasteiger partial charge in [-0.3, -0.25) is 4.79 Å². The van der Waals surface area contributed by atoms with Gasteiger partial charge in [0, 0.05) is 30.2 Å². The first-order valence-electron chi connectivity index (χ1n) is 8.18. The molecule has 142 valence electrons. The van der Waals surface area contributed by atoms with E-state index in [1.165, 1.54) is 24.3 Å². The second kappa shape index (κ2) is 8.00. The first-order valence-corrected chi connectivity index (χ1v) is 10.8. The number of anilines is 1. The van der Waals surface area contributed by atoms with Gasteiger partial charge in [0.25, 0.3) is 15.9 Å². The Kier molecular flexibility index (Phi) is 5.88. The molecule has 0 saturated carbocycles. The highest BCUT2D eigenvalue weighted by Gasteiger charge is 2.20. The fourth-order valence-electron chi connectivity index (χ4n) is 2.68. The van der Waals surface area contributed by atoms with Crippen molar-refractivity contribution in [2.24, 2.45) is 4.40 Å². The van der Waals surface area contributed by atoms with Crippen molar-refractivity contribution in [1.29, 1.82) is 0 Å². The first kappa shape index (κ1) is 19.9. The van der Waals surface area contributed by atoms with Crippen LogP contribution in [0.1, 0.15) is 23.2 Å². The number of carbonyl (C=O) groups is 1. The molecule has 0 unspecified atom stereocenters. The predicted molar refractivity (Wildman–Crippen MR) is 110 cm³/mol. The number of nitrogens with one attached hydrogen (secondary N) is 1. The summed E-state index contributed by atoms with van der Waals surface area (Å²) in [6.07, 6.45) is 1.55. The lowest BCUT2D eigenvalue weighted by Gasteiger charge is -2.11. The Balaban J connectivity index is 1.77. The van der Waals surface area contributed by atoms with Gasteiger partial charge in [-0.1, -0.05) is 27.5 Å². The molecular formula is C18H17BrClN3O3S. The molecule has 0 spiro atoms. The van der Waals surface area contributed by atoms with Crippen molar-refractivity contribution in [3.05, 3.63) is 57.5 Å². The van der Waals surface area contributed by atoms with Crippen molar-refractivity contribution in [2.75, 3.05) is 18.9 Å². The van der Waals surface area contributed by atoms with Gasteiger partial charge in [0.05, 0.1) is 15.5 Å². The van der Waals surface area contributed by atoms with Crippen LogP contribution < -0.4 is 5.32 Å². The molecule has 1 heterocycles. The van der Waals surface area contributed by atoms with Crippen LogP contribution in [0, 0.1) is 0 Å². The van der Waals surface area contributed by atoms with Crippen LogP contribution in [0.2, 0.25) is 5.02 Å². The number of rotatable bonds is 4. The lowest BCUT2D eigenvalue weighted by Crippen LogP contribution is -2.20. The van der Waals surface area contributed by atoms with Crippen molar-refractivity contribution >= 4 is 55.0 Å². The van der Waals surface area contributed by atoms with Crippen molar-refractivity contribution in [3.63, 3.8) is 0 Å². The van der Waals surface area contributed by atoms with Gasteiger partial charge in [-0.2, -0.15) is 8.42 Å². The van der Waals surface area contributed by atoms with Gasteiger partial charge in [-0.25, -0.2) is 0 Å². The van der Waals surface area contributed by atoms with Crippen LogP contribution in [0.25, 0.3) is 0 Å². The lowest BCUT2D eigenvalue weighted by molar-refractivity contribution is 0.102. The Labute approximate surface area is 171 Å². The van der Waals surface area contributed by atoms with E-state index in [-0.39, 0.29) is 10.8 Å². The largest absolute Gasteiger partial charge is 0.362 e. The van der Waals surface area contributed by atoms with E-state index in [2.05, 4.69) is 25.6 Å². The van der Waals surface area contributed by atoms with E-state index >= 15 is 0 Å². The molecule has 1 amide bonds. The van der Waals surface area contributed by atoms with Gasteiger partial charge >= 0.3 is 0 Å². The molecule has 2 aromatic rings. The average Bonchev–Trinajstić information content (AvgIpc) is 3.01. The zero-order chi connectivity index (χ0) is 19.6. The highest BCUT2D eigenvalue weighted by molar-refractivity contribution is 9.10. The summed E-state index contributed by atoms with van der Waals surface area (Å²) in [5.41, 5.74) is 0.777. The van der Waals surface area contributed by atoms with Gasteiger partial charge in [-0.05, 0) is 48.9 Å². The molecule has 1 N–H and O–H groups in total. The van der Waals surface area contributed by atoms with Crippen molar-refractivity contribution in [1.82, 2.24) is 4.90 Å². The number of hydrogen-bond donors (Lipinski definition) is 1. The number of nitrogens with zero attached hydrogens (tertiary/aromatic N) is 2. The molecule has 0 bridgehead atoms. The van der Waals surface area contributed by atoms with Gasteiger partial charge in [0.1, 0.15) is 5.84 Å². The topological polar surface area (TPSA) is 78.8 Å². The molecular weight excluding hydrogens is 454 g/mol. The standard InChI is InChI=1S/C18H17BrClN3O3S/c1-23-10-2-3-17(23)22-27(25,26)14-7-5-13(6-8-14)21-18(24)15-11-12(19)4-9-16(15)20/h4-9,11H,2-3,10H2,1H3,(H,21,24)/b22-17-. The minimum absolute atomic E-state index is 0.0776. The monoisotopic (exact) mass is 469 g/mol. The second-order valence-electron chi connectivity index (χ2n) is 6.11. The van der Waals surface area contributed by atoms with Gasteiger partial charge < -0.3 is 10.2 Å². The summed E-state index contributed by atoms with van der Waals surface area (Å²) in [6, 6.07) is 10.9. The maximum absolute atomic E-state index is 12.4.